The van der Waals surface area contributed by atoms with E-state index in [-0.39, 0.29) is 6.10 Å². The van der Waals surface area contributed by atoms with Gasteiger partial charge in [-0.05, 0) is 31.4 Å². The number of likely N-dealkylation sites (tertiary alicyclic amines) is 1. The largest absolute Gasteiger partial charge is 0.367 e. The van der Waals surface area contributed by atoms with Gasteiger partial charge in [-0.15, -0.1) is 0 Å². The van der Waals surface area contributed by atoms with Gasteiger partial charge < -0.3 is 4.74 Å². The molecule has 4 rings (SSSR count). The van der Waals surface area contributed by atoms with Crippen LogP contribution in [0, 0.1) is 5.92 Å². The van der Waals surface area contributed by atoms with Gasteiger partial charge in [-0.3, -0.25) is 9.58 Å². The third-order valence-corrected chi connectivity index (χ3v) is 5.34. The van der Waals surface area contributed by atoms with E-state index in [9.17, 15) is 0 Å². The zero-order chi connectivity index (χ0) is 17.4. The fourth-order valence-electron chi connectivity index (χ4n) is 3.99. The molecule has 0 amide bonds. The predicted octanol–water partition coefficient (Wildman–Crippen LogP) is 2.69. The van der Waals surface area contributed by atoms with Crippen molar-refractivity contribution in [2.24, 2.45) is 13.0 Å². The Morgan fingerprint density at radius 1 is 1.36 bits per heavy atom. The first-order chi connectivity index (χ1) is 12.1. The molecule has 3 atom stereocenters. The number of hydrogen-bond donors (Lipinski definition) is 0. The van der Waals surface area contributed by atoms with Gasteiger partial charge in [0.25, 0.3) is 0 Å². The molecule has 2 aromatic heterocycles. The first kappa shape index (κ1) is 16.7. The quantitative estimate of drug-likeness (QED) is 0.856. The summed E-state index contributed by atoms with van der Waals surface area (Å²) in [5.74, 6) is 1.90. The Balaban J connectivity index is 1.40. The molecular formula is C19H27N5O. The molecular weight excluding hydrogens is 314 g/mol. The molecule has 2 aliphatic heterocycles. The fourth-order valence-corrected chi connectivity index (χ4v) is 3.99. The van der Waals surface area contributed by atoms with Crippen molar-refractivity contribution < 1.29 is 4.74 Å². The Labute approximate surface area is 149 Å². The van der Waals surface area contributed by atoms with Crippen LogP contribution >= 0.6 is 0 Å². The maximum Gasteiger partial charge on any atom is 0.131 e. The highest BCUT2D eigenvalue weighted by molar-refractivity contribution is 5.11. The van der Waals surface area contributed by atoms with E-state index in [4.69, 9.17) is 9.72 Å². The minimum atomic E-state index is 0.119. The summed E-state index contributed by atoms with van der Waals surface area (Å²) in [4.78, 5) is 11.6. The Hall–Kier alpha value is -1.79. The molecule has 6 nitrogen and oxygen atoms in total. The highest BCUT2D eigenvalue weighted by atomic mass is 16.5. The first-order valence-electron chi connectivity index (χ1n) is 9.26. The monoisotopic (exact) mass is 341 g/mol. The van der Waals surface area contributed by atoms with Gasteiger partial charge in [0.1, 0.15) is 11.9 Å². The van der Waals surface area contributed by atoms with Crippen LogP contribution in [0.15, 0.2) is 24.7 Å². The van der Waals surface area contributed by atoms with Crippen LogP contribution in [0.4, 0.5) is 0 Å². The van der Waals surface area contributed by atoms with Gasteiger partial charge in [0, 0.05) is 44.0 Å². The number of aryl methyl sites for hydroxylation is 1. The molecule has 6 heteroatoms. The number of ether oxygens (including phenoxy) is 1. The number of nitrogens with zero attached hydrogens (tertiary/aromatic N) is 5. The van der Waals surface area contributed by atoms with Gasteiger partial charge >= 0.3 is 0 Å². The van der Waals surface area contributed by atoms with E-state index < -0.39 is 0 Å². The topological polar surface area (TPSA) is 56.1 Å². The highest BCUT2D eigenvalue weighted by Crippen LogP contribution is 2.40. The van der Waals surface area contributed by atoms with Crippen molar-refractivity contribution in [2.45, 2.75) is 51.4 Å². The van der Waals surface area contributed by atoms with E-state index >= 15 is 0 Å². The maximum atomic E-state index is 6.41. The number of piperidine rings is 1. The minimum Gasteiger partial charge on any atom is -0.367 e. The zero-order valence-electron chi connectivity index (χ0n) is 15.3. The van der Waals surface area contributed by atoms with Crippen LogP contribution < -0.4 is 0 Å². The lowest BCUT2D eigenvalue weighted by atomic mass is 9.91. The third-order valence-electron chi connectivity index (χ3n) is 5.34. The van der Waals surface area contributed by atoms with Crippen LogP contribution in [0.25, 0.3) is 0 Å². The van der Waals surface area contributed by atoms with Crippen LogP contribution in [-0.2, 0) is 18.3 Å². The second-order valence-electron chi connectivity index (χ2n) is 7.70. The summed E-state index contributed by atoms with van der Waals surface area (Å²) < 4.78 is 8.27. The molecule has 0 N–H and O–H groups in total. The van der Waals surface area contributed by atoms with Crippen molar-refractivity contribution in [1.29, 1.82) is 0 Å². The molecule has 2 fully saturated rings. The number of rotatable bonds is 4. The summed E-state index contributed by atoms with van der Waals surface area (Å²) in [5.41, 5.74) is 2.32. The normalized spacial score (nSPS) is 27.0. The number of hydrogen-bond acceptors (Lipinski definition) is 5. The molecule has 134 valence electrons. The van der Waals surface area contributed by atoms with Crippen LogP contribution in [0.5, 0.6) is 0 Å². The van der Waals surface area contributed by atoms with E-state index in [1.54, 1.807) is 0 Å². The van der Waals surface area contributed by atoms with E-state index in [2.05, 4.69) is 35.0 Å². The number of aromatic nitrogens is 4. The Kier molecular flexibility index (Phi) is 4.56. The molecule has 0 radical (unpaired) electrons. The summed E-state index contributed by atoms with van der Waals surface area (Å²) in [6.45, 7) is 7.34. The van der Waals surface area contributed by atoms with Crippen LogP contribution in [0.3, 0.4) is 0 Å². The summed E-state index contributed by atoms with van der Waals surface area (Å²) in [7, 11) is 1.97. The van der Waals surface area contributed by atoms with Gasteiger partial charge in [-0.2, -0.15) is 5.10 Å². The fraction of sp³-hybridized carbons (Fsp3) is 0.632. The van der Waals surface area contributed by atoms with E-state index in [1.165, 1.54) is 12.0 Å². The lowest BCUT2D eigenvalue weighted by Crippen LogP contribution is -2.41. The van der Waals surface area contributed by atoms with Crippen molar-refractivity contribution in [3.8, 4) is 0 Å². The summed E-state index contributed by atoms with van der Waals surface area (Å²) in [6, 6.07) is 2.02. The molecule has 0 spiro atoms. The van der Waals surface area contributed by atoms with Crippen LogP contribution in [-0.4, -0.2) is 43.8 Å². The van der Waals surface area contributed by atoms with Crippen LogP contribution in [0.2, 0.25) is 0 Å². The average Bonchev–Trinajstić information content (AvgIpc) is 3.20. The van der Waals surface area contributed by atoms with E-state index in [1.807, 2.05) is 30.2 Å². The average molecular weight is 341 g/mol. The third kappa shape index (κ3) is 3.60. The van der Waals surface area contributed by atoms with E-state index in [0.29, 0.717) is 17.9 Å². The molecule has 0 unspecified atom stereocenters. The van der Waals surface area contributed by atoms with Gasteiger partial charge in [0.05, 0.1) is 18.0 Å². The van der Waals surface area contributed by atoms with Gasteiger partial charge in [0.15, 0.2) is 0 Å². The molecule has 2 aromatic rings. The standard InChI is InChI=1S/C19H27N5O/c1-13(2)19-20-6-4-16(22-19)17-8-15-5-7-24(12-18(15)25-17)11-14-9-21-23(3)10-14/h4,6,9-10,13,15,17-18H,5,7-8,11-12H2,1-3H3/t15-,17-,18+/m1/s1. The minimum absolute atomic E-state index is 0.119. The van der Waals surface area contributed by atoms with Gasteiger partial charge in [-0.25, -0.2) is 9.97 Å². The maximum absolute atomic E-state index is 6.41. The summed E-state index contributed by atoms with van der Waals surface area (Å²) >= 11 is 0. The molecule has 4 heterocycles. The van der Waals surface area contributed by atoms with Gasteiger partial charge in [-0.1, -0.05) is 13.8 Å². The molecule has 25 heavy (non-hydrogen) atoms. The van der Waals surface area contributed by atoms with Crippen molar-refractivity contribution in [2.75, 3.05) is 13.1 Å². The van der Waals surface area contributed by atoms with E-state index in [0.717, 1.165) is 37.6 Å². The Bertz CT molecular complexity index is 728. The zero-order valence-corrected chi connectivity index (χ0v) is 15.3. The van der Waals surface area contributed by atoms with Gasteiger partial charge in [0.2, 0.25) is 0 Å². The highest BCUT2D eigenvalue weighted by Gasteiger charge is 2.40. The second kappa shape index (κ2) is 6.84. The van der Waals surface area contributed by atoms with Crippen molar-refractivity contribution in [3.63, 3.8) is 0 Å². The predicted molar refractivity (Wildman–Crippen MR) is 94.9 cm³/mol. The molecule has 2 aliphatic rings. The lowest BCUT2D eigenvalue weighted by Gasteiger charge is -2.33. The summed E-state index contributed by atoms with van der Waals surface area (Å²) in [6.07, 6.45) is 8.64. The molecule has 0 aromatic carbocycles. The smallest absolute Gasteiger partial charge is 0.131 e. The SMILES string of the molecule is CC(C)c1nccc([C@H]2C[C@H]3CCN(Cc4cnn(C)c4)C[C@@H]3O2)n1. The molecule has 0 bridgehead atoms. The summed E-state index contributed by atoms with van der Waals surface area (Å²) in [5, 5.41) is 4.27. The van der Waals surface area contributed by atoms with Crippen molar-refractivity contribution >= 4 is 0 Å². The molecule has 2 saturated heterocycles. The van der Waals surface area contributed by atoms with Crippen LogP contribution in [0.1, 0.15) is 55.8 Å². The molecule has 0 aliphatic carbocycles. The Morgan fingerprint density at radius 2 is 2.24 bits per heavy atom. The second-order valence-corrected chi connectivity index (χ2v) is 7.70. The van der Waals surface area contributed by atoms with Crippen molar-refractivity contribution in [1.82, 2.24) is 24.6 Å². The first-order valence-corrected chi connectivity index (χ1v) is 9.26. The van der Waals surface area contributed by atoms with Crippen molar-refractivity contribution in [3.05, 3.63) is 41.7 Å². The number of fused-ring (bicyclic) bond motifs is 1. The molecule has 0 saturated carbocycles. The Morgan fingerprint density at radius 3 is 3.00 bits per heavy atom. The lowest BCUT2D eigenvalue weighted by molar-refractivity contribution is -0.0107.